The maximum absolute atomic E-state index is 9.49. The third kappa shape index (κ3) is 4.27. The fourth-order valence-corrected chi connectivity index (χ4v) is 3.95. The Bertz CT molecular complexity index is 1420. The van der Waals surface area contributed by atoms with Gasteiger partial charge in [0.2, 0.25) is 18.5 Å². The molecule has 0 saturated carbocycles. The topological polar surface area (TPSA) is 134 Å². The summed E-state index contributed by atoms with van der Waals surface area (Å²) in [6.45, 7) is 1.85. The molecule has 0 saturated heterocycles. The highest BCUT2D eigenvalue weighted by Crippen LogP contribution is 2.46. The molecule has 0 bridgehead atoms. The molecule has 0 fully saturated rings. The number of aromatic amines is 1. The van der Waals surface area contributed by atoms with E-state index in [2.05, 4.69) is 20.6 Å². The summed E-state index contributed by atoms with van der Waals surface area (Å²) in [4.78, 5) is 4.73. The van der Waals surface area contributed by atoms with Crippen molar-refractivity contribution in [3.8, 4) is 57.1 Å². The van der Waals surface area contributed by atoms with Crippen molar-refractivity contribution in [2.45, 2.75) is 6.92 Å². The number of rotatable bonds is 8. The van der Waals surface area contributed by atoms with Crippen molar-refractivity contribution < 1.29 is 28.8 Å². The van der Waals surface area contributed by atoms with Crippen LogP contribution in [0.4, 0.5) is 0 Å². The van der Waals surface area contributed by atoms with Gasteiger partial charge >= 0.3 is 0 Å². The Kier molecular flexibility index (Phi) is 6.37. The van der Waals surface area contributed by atoms with Crippen LogP contribution in [-0.2, 0) is 0 Å². The predicted octanol–water partition coefficient (Wildman–Crippen LogP) is 3.78. The van der Waals surface area contributed by atoms with Crippen molar-refractivity contribution in [2.75, 3.05) is 27.6 Å². The first-order valence-electron chi connectivity index (χ1n) is 11.0. The first-order valence-corrected chi connectivity index (χ1v) is 11.0. The van der Waals surface area contributed by atoms with Crippen molar-refractivity contribution in [1.82, 2.24) is 25.6 Å². The number of ether oxygens (including phenoxy) is 5. The molecule has 2 aromatic carbocycles. The van der Waals surface area contributed by atoms with Gasteiger partial charge in [0.25, 0.3) is 0 Å². The third-order valence-electron chi connectivity index (χ3n) is 5.59. The van der Waals surface area contributed by atoms with Gasteiger partial charge in [0, 0.05) is 34.5 Å². The van der Waals surface area contributed by atoms with E-state index in [1.807, 2.05) is 19.1 Å². The van der Waals surface area contributed by atoms with Gasteiger partial charge in [-0.15, -0.1) is 10.2 Å². The Morgan fingerprint density at radius 2 is 1.86 bits per heavy atom. The molecule has 0 spiro atoms. The zero-order valence-corrected chi connectivity index (χ0v) is 19.8. The molecule has 0 amide bonds. The Morgan fingerprint density at radius 1 is 1.03 bits per heavy atom. The minimum atomic E-state index is -0.147. The summed E-state index contributed by atoms with van der Waals surface area (Å²) >= 11 is 0. The summed E-state index contributed by atoms with van der Waals surface area (Å²) in [6, 6.07) is 10.7. The summed E-state index contributed by atoms with van der Waals surface area (Å²) in [5.41, 5.74) is 3.26. The number of H-pyrrole nitrogens is 1. The predicted molar refractivity (Wildman–Crippen MR) is 129 cm³/mol. The van der Waals surface area contributed by atoms with Gasteiger partial charge in [-0.3, -0.25) is 0 Å². The highest BCUT2D eigenvalue weighted by Gasteiger charge is 2.26. The Hall–Kier alpha value is -4.64. The maximum Gasteiger partial charge on any atom is 0.231 e. The summed E-state index contributed by atoms with van der Waals surface area (Å²) in [6.07, 6.45) is 3.41. The van der Waals surface area contributed by atoms with Crippen LogP contribution < -0.4 is 23.7 Å². The molecule has 184 valence electrons. The average Bonchev–Trinajstić information content (AvgIpc) is 3.59. The number of aryl methyl sites for hydroxylation is 1. The largest absolute Gasteiger partial charge is 0.497 e. The zero-order valence-electron chi connectivity index (χ0n) is 19.8. The molecule has 2 aromatic heterocycles. The van der Waals surface area contributed by atoms with Crippen molar-refractivity contribution >= 4 is 6.08 Å². The van der Waals surface area contributed by atoms with Crippen molar-refractivity contribution in [3.05, 3.63) is 53.7 Å². The van der Waals surface area contributed by atoms with Crippen LogP contribution >= 0.6 is 0 Å². The Balaban J connectivity index is 1.77. The smallest absolute Gasteiger partial charge is 0.231 e. The lowest BCUT2D eigenvalue weighted by atomic mass is 9.92. The van der Waals surface area contributed by atoms with E-state index in [0.29, 0.717) is 45.6 Å². The molecule has 3 heterocycles. The number of aliphatic hydroxyl groups is 1. The molecule has 11 nitrogen and oxygen atoms in total. The second kappa shape index (κ2) is 9.92. The van der Waals surface area contributed by atoms with E-state index in [0.717, 1.165) is 11.1 Å². The standard InChI is InChI=1S/C25H23N5O6/c1-14-17(5-4-10-31)22(18-8-6-15(32-2)11-20(18)33-3)23(24-27-29-30-28-24)25(26-14)36-16-7-9-19-21(12-16)35-13-34-19/h4-9,11-12,31H,10,13H2,1-3H3,(H,27,28,29,30). The van der Waals surface area contributed by atoms with E-state index in [9.17, 15) is 5.11 Å². The number of tetrazole rings is 1. The van der Waals surface area contributed by atoms with E-state index >= 15 is 0 Å². The van der Waals surface area contributed by atoms with E-state index in [1.165, 1.54) is 0 Å². The summed E-state index contributed by atoms with van der Waals surface area (Å²) in [5.74, 6) is 3.40. The van der Waals surface area contributed by atoms with Gasteiger partial charge in [-0.1, -0.05) is 12.2 Å². The van der Waals surface area contributed by atoms with Gasteiger partial charge < -0.3 is 28.8 Å². The molecule has 0 radical (unpaired) electrons. The van der Waals surface area contributed by atoms with Gasteiger partial charge in [-0.05, 0) is 36.4 Å². The number of pyridine rings is 1. The lowest BCUT2D eigenvalue weighted by Gasteiger charge is -2.19. The molecule has 36 heavy (non-hydrogen) atoms. The lowest BCUT2D eigenvalue weighted by molar-refractivity contribution is 0.174. The monoisotopic (exact) mass is 489 g/mol. The summed E-state index contributed by atoms with van der Waals surface area (Å²) < 4.78 is 28.3. The fourth-order valence-electron chi connectivity index (χ4n) is 3.95. The number of hydrogen-bond acceptors (Lipinski definition) is 10. The van der Waals surface area contributed by atoms with Crippen LogP contribution in [-0.4, -0.2) is 58.3 Å². The minimum absolute atomic E-state index is 0.147. The summed E-state index contributed by atoms with van der Waals surface area (Å²) in [5, 5.41) is 24.2. The second-order valence-electron chi connectivity index (χ2n) is 7.67. The molecule has 2 N–H and O–H groups in total. The lowest BCUT2D eigenvalue weighted by Crippen LogP contribution is -2.03. The van der Waals surface area contributed by atoms with Crippen LogP contribution in [0.15, 0.2) is 42.5 Å². The summed E-state index contributed by atoms with van der Waals surface area (Å²) in [7, 11) is 3.16. The normalized spacial score (nSPS) is 12.2. The molecular weight excluding hydrogens is 466 g/mol. The van der Waals surface area contributed by atoms with Gasteiger partial charge in [-0.25, -0.2) is 4.98 Å². The van der Waals surface area contributed by atoms with E-state index < -0.39 is 0 Å². The van der Waals surface area contributed by atoms with Crippen molar-refractivity contribution in [2.24, 2.45) is 0 Å². The molecule has 0 aliphatic carbocycles. The number of fused-ring (bicyclic) bond motifs is 1. The quantitative estimate of drug-likeness (QED) is 0.377. The molecule has 1 aliphatic rings. The van der Waals surface area contributed by atoms with Gasteiger partial charge in [0.05, 0.1) is 26.4 Å². The number of aromatic nitrogens is 5. The van der Waals surface area contributed by atoms with Crippen LogP contribution in [0.2, 0.25) is 0 Å². The number of aliphatic hydroxyl groups excluding tert-OH is 1. The van der Waals surface area contributed by atoms with Gasteiger partial charge in [-0.2, -0.15) is 5.21 Å². The Labute approximate surface area is 206 Å². The van der Waals surface area contributed by atoms with E-state index in [4.69, 9.17) is 28.7 Å². The molecule has 1 aliphatic heterocycles. The van der Waals surface area contributed by atoms with Crippen LogP contribution in [0.5, 0.6) is 34.6 Å². The number of benzene rings is 2. The van der Waals surface area contributed by atoms with Crippen LogP contribution in [0, 0.1) is 6.92 Å². The number of hydrogen-bond donors (Lipinski definition) is 2. The first-order chi connectivity index (χ1) is 17.6. The number of nitrogens with zero attached hydrogens (tertiary/aromatic N) is 4. The van der Waals surface area contributed by atoms with Crippen LogP contribution in [0.25, 0.3) is 28.6 Å². The zero-order chi connectivity index (χ0) is 25.1. The maximum atomic E-state index is 9.49. The highest BCUT2D eigenvalue weighted by atomic mass is 16.7. The molecule has 4 aromatic rings. The number of nitrogens with one attached hydrogen (secondary N) is 1. The van der Waals surface area contributed by atoms with Crippen LogP contribution in [0.3, 0.4) is 0 Å². The SMILES string of the molecule is COc1ccc(-c2c(C=CCO)c(C)nc(Oc3ccc4c(c3)OCO4)c2-c2nn[nH]n2)c(OC)c1. The molecule has 0 atom stereocenters. The number of methoxy groups -OCH3 is 2. The van der Waals surface area contributed by atoms with Gasteiger partial charge in [0.15, 0.2) is 11.5 Å². The molecule has 11 heteroatoms. The van der Waals surface area contributed by atoms with Crippen molar-refractivity contribution in [3.63, 3.8) is 0 Å². The molecular formula is C25H23N5O6. The van der Waals surface area contributed by atoms with E-state index in [1.54, 1.807) is 50.6 Å². The second-order valence-corrected chi connectivity index (χ2v) is 7.67. The fraction of sp³-hybridized carbons (Fsp3) is 0.200. The van der Waals surface area contributed by atoms with Crippen molar-refractivity contribution in [1.29, 1.82) is 0 Å². The molecule has 5 rings (SSSR count). The highest BCUT2D eigenvalue weighted by molar-refractivity contribution is 5.93. The molecule has 0 unspecified atom stereocenters. The van der Waals surface area contributed by atoms with Crippen LogP contribution in [0.1, 0.15) is 11.3 Å². The minimum Gasteiger partial charge on any atom is -0.497 e. The Morgan fingerprint density at radius 3 is 2.61 bits per heavy atom. The van der Waals surface area contributed by atoms with E-state index in [-0.39, 0.29) is 25.1 Å². The first kappa shape index (κ1) is 23.1. The van der Waals surface area contributed by atoms with Gasteiger partial charge in [0.1, 0.15) is 17.2 Å². The average molecular weight is 489 g/mol. The third-order valence-corrected chi connectivity index (χ3v) is 5.59.